The SMILES string of the molecule is NC(=O)C(O)c1ccc(Cc2ccccc2-c2ccccc2F)cc1. The van der Waals surface area contributed by atoms with Gasteiger partial charge in [0.2, 0.25) is 0 Å². The van der Waals surface area contributed by atoms with Gasteiger partial charge in [-0.3, -0.25) is 4.79 Å². The number of hydrogen-bond acceptors (Lipinski definition) is 2. The number of nitrogens with two attached hydrogens (primary N) is 1. The maximum atomic E-state index is 14.1. The number of carbonyl (C=O) groups excluding carboxylic acids is 1. The fraction of sp³-hybridized carbons (Fsp3) is 0.0952. The number of rotatable bonds is 5. The molecule has 4 heteroatoms. The largest absolute Gasteiger partial charge is 0.378 e. The topological polar surface area (TPSA) is 63.3 Å². The predicted octanol–water partition coefficient (Wildman–Crippen LogP) is 3.60. The van der Waals surface area contributed by atoms with Gasteiger partial charge in [0, 0.05) is 5.56 Å². The fourth-order valence-electron chi connectivity index (χ4n) is 2.82. The van der Waals surface area contributed by atoms with Crippen molar-refractivity contribution in [2.75, 3.05) is 0 Å². The van der Waals surface area contributed by atoms with Gasteiger partial charge in [0.05, 0.1) is 0 Å². The highest BCUT2D eigenvalue weighted by Gasteiger charge is 2.14. The third kappa shape index (κ3) is 3.75. The minimum Gasteiger partial charge on any atom is -0.378 e. The van der Waals surface area contributed by atoms with Gasteiger partial charge in [-0.2, -0.15) is 0 Å². The second kappa shape index (κ2) is 7.28. The zero-order valence-electron chi connectivity index (χ0n) is 13.5. The molecule has 0 aliphatic carbocycles. The molecule has 0 aromatic heterocycles. The number of amides is 1. The van der Waals surface area contributed by atoms with Gasteiger partial charge in [-0.15, -0.1) is 0 Å². The van der Waals surface area contributed by atoms with Crippen molar-refractivity contribution >= 4 is 5.91 Å². The smallest absolute Gasteiger partial charge is 0.250 e. The van der Waals surface area contributed by atoms with Crippen molar-refractivity contribution < 1.29 is 14.3 Å². The first-order valence-electron chi connectivity index (χ1n) is 7.95. The lowest BCUT2D eigenvalue weighted by atomic mass is 9.94. The van der Waals surface area contributed by atoms with Crippen molar-refractivity contribution in [1.82, 2.24) is 0 Å². The van der Waals surface area contributed by atoms with E-state index in [1.54, 1.807) is 24.3 Å². The van der Waals surface area contributed by atoms with Crippen molar-refractivity contribution in [2.24, 2.45) is 5.73 Å². The van der Waals surface area contributed by atoms with Crippen LogP contribution in [0, 0.1) is 5.82 Å². The fourth-order valence-corrected chi connectivity index (χ4v) is 2.82. The molecular formula is C21H18FNO2. The van der Waals surface area contributed by atoms with Gasteiger partial charge in [-0.25, -0.2) is 4.39 Å². The summed E-state index contributed by atoms with van der Waals surface area (Å²) in [6.45, 7) is 0. The van der Waals surface area contributed by atoms with Crippen molar-refractivity contribution in [3.05, 3.63) is 95.3 Å². The molecule has 0 aliphatic rings. The van der Waals surface area contributed by atoms with E-state index in [1.807, 2.05) is 42.5 Å². The maximum Gasteiger partial charge on any atom is 0.250 e. The molecule has 0 saturated heterocycles. The Kier molecular flexibility index (Phi) is 4.91. The second-order valence-electron chi connectivity index (χ2n) is 5.86. The first-order valence-corrected chi connectivity index (χ1v) is 7.95. The van der Waals surface area contributed by atoms with Gasteiger partial charge in [0.25, 0.3) is 5.91 Å². The molecule has 25 heavy (non-hydrogen) atoms. The van der Waals surface area contributed by atoms with Crippen LogP contribution in [0.3, 0.4) is 0 Å². The van der Waals surface area contributed by atoms with Crippen molar-refractivity contribution in [3.63, 3.8) is 0 Å². The molecule has 1 unspecified atom stereocenters. The van der Waals surface area contributed by atoms with E-state index < -0.39 is 12.0 Å². The number of hydrogen-bond donors (Lipinski definition) is 2. The average molecular weight is 335 g/mol. The third-order valence-electron chi connectivity index (χ3n) is 4.14. The maximum absolute atomic E-state index is 14.1. The van der Waals surface area contributed by atoms with Crippen LogP contribution in [0.2, 0.25) is 0 Å². The van der Waals surface area contributed by atoms with Crippen LogP contribution >= 0.6 is 0 Å². The van der Waals surface area contributed by atoms with Crippen LogP contribution in [0.5, 0.6) is 0 Å². The van der Waals surface area contributed by atoms with E-state index in [9.17, 15) is 14.3 Å². The van der Waals surface area contributed by atoms with Crippen LogP contribution in [0.4, 0.5) is 4.39 Å². The Morgan fingerprint density at radius 2 is 1.52 bits per heavy atom. The molecular weight excluding hydrogens is 317 g/mol. The molecule has 1 amide bonds. The molecule has 3 rings (SSSR count). The van der Waals surface area contributed by atoms with E-state index in [0.29, 0.717) is 17.5 Å². The zero-order valence-corrected chi connectivity index (χ0v) is 13.5. The quantitative estimate of drug-likeness (QED) is 0.748. The van der Waals surface area contributed by atoms with Gasteiger partial charge < -0.3 is 10.8 Å². The van der Waals surface area contributed by atoms with Crippen molar-refractivity contribution in [3.8, 4) is 11.1 Å². The van der Waals surface area contributed by atoms with Crippen molar-refractivity contribution in [1.29, 1.82) is 0 Å². The number of benzene rings is 3. The summed E-state index contributed by atoms with van der Waals surface area (Å²) in [6, 6.07) is 21.4. The van der Waals surface area contributed by atoms with Crippen LogP contribution in [-0.4, -0.2) is 11.0 Å². The summed E-state index contributed by atoms with van der Waals surface area (Å²) in [5, 5.41) is 9.69. The Morgan fingerprint density at radius 1 is 0.920 bits per heavy atom. The minimum absolute atomic E-state index is 0.255. The molecule has 0 fully saturated rings. The summed E-state index contributed by atoms with van der Waals surface area (Å²) in [4.78, 5) is 11.0. The van der Waals surface area contributed by atoms with E-state index in [4.69, 9.17) is 5.73 Å². The predicted molar refractivity (Wildman–Crippen MR) is 95.2 cm³/mol. The summed E-state index contributed by atoms with van der Waals surface area (Å²) in [5.74, 6) is -1.03. The van der Waals surface area contributed by atoms with Crippen molar-refractivity contribution in [2.45, 2.75) is 12.5 Å². The lowest BCUT2D eigenvalue weighted by Crippen LogP contribution is -2.20. The molecule has 3 aromatic carbocycles. The second-order valence-corrected chi connectivity index (χ2v) is 5.86. The number of carbonyl (C=O) groups is 1. The van der Waals surface area contributed by atoms with E-state index >= 15 is 0 Å². The van der Waals surface area contributed by atoms with Gasteiger partial charge in [-0.05, 0) is 34.7 Å². The number of aliphatic hydroxyl groups excluding tert-OH is 1. The minimum atomic E-state index is -1.31. The van der Waals surface area contributed by atoms with Crippen LogP contribution in [0.1, 0.15) is 22.8 Å². The Bertz CT molecular complexity index is 890. The summed E-state index contributed by atoms with van der Waals surface area (Å²) in [6.07, 6.45) is -0.697. The van der Waals surface area contributed by atoms with Crippen LogP contribution in [-0.2, 0) is 11.2 Å². The third-order valence-corrected chi connectivity index (χ3v) is 4.14. The summed E-state index contributed by atoms with van der Waals surface area (Å²) >= 11 is 0. The molecule has 3 N–H and O–H groups in total. The highest BCUT2D eigenvalue weighted by atomic mass is 19.1. The Morgan fingerprint density at radius 3 is 2.16 bits per heavy atom. The molecule has 3 nitrogen and oxygen atoms in total. The highest BCUT2D eigenvalue weighted by molar-refractivity contribution is 5.80. The molecule has 1 atom stereocenters. The van der Waals surface area contributed by atoms with E-state index in [2.05, 4.69) is 0 Å². The molecule has 3 aromatic rings. The Balaban J connectivity index is 1.89. The highest BCUT2D eigenvalue weighted by Crippen LogP contribution is 2.28. The molecule has 0 bridgehead atoms. The zero-order chi connectivity index (χ0) is 17.8. The molecule has 0 aliphatic heterocycles. The lowest BCUT2D eigenvalue weighted by Gasteiger charge is -2.12. The lowest BCUT2D eigenvalue weighted by molar-refractivity contribution is -0.126. The van der Waals surface area contributed by atoms with Gasteiger partial charge in [0.1, 0.15) is 5.82 Å². The standard InChI is InChI=1S/C21H18FNO2/c22-19-8-4-3-7-18(19)17-6-2-1-5-16(17)13-14-9-11-15(12-10-14)20(24)21(23)25/h1-12,20,24H,13H2,(H2,23,25). The van der Waals surface area contributed by atoms with Crippen LogP contribution in [0.25, 0.3) is 11.1 Å². The van der Waals surface area contributed by atoms with Crippen LogP contribution in [0.15, 0.2) is 72.8 Å². The van der Waals surface area contributed by atoms with E-state index in [0.717, 1.165) is 16.7 Å². The number of aliphatic hydroxyl groups is 1. The van der Waals surface area contributed by atoms with Gasteiger partial charge in [0.15, 0.2) is 6.10 Å². The summed E-state index contributed by atoms with van der Waals surface area (Å²) in [5.41, 5.74) is 8.96. The summed E-state index contributed by atoms with van der Waals surface area (Å²) in [7, 11) is 0. The number of halogens is 1. The van der Waals surface area contributed by atoms with E-state index in [-0.39, 0.29) is 5.82 Å². The number of primary amides is 1. The van der Waals surface area contributed by atoms with Gasteiger partial charge >= 0.3 is 0 Å². The molecule has 0 heterocycles. The summed E-state index contributed by atoms with van der Waals surface area (Å²) < 4.78 is 14.1. The Hall–Kier alpha value is -2.98. The first kappa shape index (κ1) is 16.9. The Labute approximate surface area is 145 Å². The van der Waals surface area contributed by atoms with E-state index in [1.165, 1.54) is 6.07 Å². The monoisotopic (exact) mass is 335 g/mol. The molecule has 0 spiro atoms. The molecule has 126 valence electrons. The van der Waals surface area contributed by atoms with Crippen LogP contribution < -0.4 is 5.73 Å². The first-order chi connectivity index (χ1) is 12.1. The van der Waals surface area contributed by atoms with Gasteiger partial charge in [-0.1, -0.05) is 66.7 Å². The molecule has 0 radical (unpaired) electrons. The average Bonchev–Trinajstić information content (AvgIpc) is 2.63. The normalized spacial score (nSPS) is 11.9. The molecule has 0 saturated carbocycles.